The fourth-order valence-electron chi connectivity index (χ4n) is 1.36. The Labute approximate surface area is 114 Å². The first-order valence-corrected chi connectivity index (χ1v) is 5.75. The summed E-state index contributed by atoms with van der Waals surface area (Å²) >= 11 is 0. The Morgan fingerprint density at radius 1 is 1.25 bits per heavy atom. The predicted octanol–water partition coefficient (Wildman–Crippen LogP) is 1.37. The van der Waals surface area contributed by atoms with Gasteiger partial charge >= 0.3 is 12.1 Å². The van der Waals surface area contributed by atoms with Crippen LogP contribution in [-0.2, 0) is 0 Å². The molecule has 4 N–H and O–H groups in total. The Balaban J connectivity index is 2.33. The van der Waals surface area contributed by atoms with Crippen LogP contribution in [0.5, 0.6) is 0 Å². The molecule has 1 aromatic rings. The molecular weight excluding hydrogens is 268 g/mol. The van der Waals surface area contributed by atoms with Gasteiger partial charge in [0.25, 0.3) is 5.69 Å². The van der Waals surface area contributed by atoms with Crippen molar-refractivity contribution in [3.05, 3.63) is 34.4 Å². The molecular formula is C11H14N4O5. The lowest BCUT2D eigenvalue weighted by Crippen LogP contribution is -2.32. The number of benzene rings is 1. The number of carboxylic acid groups (broad SMARTS) is 1. The SMILES string of the molecule is O=C(O)NCCCNC(=O)Nc1cccc([N+](=O)[O-])c1. The molecule has 9 nitrogen and oxygen atoms in total. The summed E-state index contributed by atoms with van der Waals surface area (Å²) in [5, 5.41) is 26.0. The highest BCUT2D eigenvalue weighted by molar-refractivity contribution is 5.89. The van der Waals surface area contributed by atoms with Crippen LogP contribution in [0.4, 0.5) is 21.0 Å². The second-order valence-electron chi connectivity index (χ2n) is 3.77. The number of amides is 3. The van der Waals surface area contributed by atoms with Gasteiger partial charge in [0.15, 0.2) is 0 Å². The molecule has 1 rings (SSSR count). The molecule has 108 valence electrons. The number of hydrogen-bond acceptors (Lipinski definition) is 4. The van der Waals surface area contributed by atoms with E-state index in [1.165, 1.54) is 24.3 Å². The van der Waals surface area contributed by atoms with Gasteiger partial charge in [-0.2, -0.15) is 0 Å². The van der Waals surface area contributed by atoms with E-state index in [1.807, 2.05) is 0 Å². The molecule has 9 heteroatoms. The molecule has 20 heavy (non-hydrogen) atoms. The van der Waals surface area contributed by atoms with E-state index >= 15 is 0 Å². The Kier molecular flexibility index (Phi) is 5.75. The zero-order valence-electron chi connectivity index (χ0n) is 10.5. The second-order valence-corrected chi connectivity index (χ2v) is 3.77. The number of carbonyl (C=O) groups excluding carboxylic acids is 1. The monoisotopic (exact) mass is 282 g/mol. The van der Waals surface area contributed by atoms with Gasteiger partial charge < -0.3 is 21.1 Å². The number of rotatable bonds is 6. The Morgan fingerprint density at radius 2 is 1.95 bits per heavy atom. The normalized spacial score (nSPS) is 9.60. The summed E-state index contributed by atoms with van der Waals surface area (Å²) in [7, 11) is 0. The lowest BCUT2D eigenvalue weighted by molar-refractivity contribution is -0.384. The van der Waals surface area contributed by atoms with Crippen LogP contribution >= 0.6 is 0 Å². The minimum absolute atomic E-state index is 0.117. The maximum Gasteiger partial charge on any atom is 0.404 e. The summed E-state index contributed by atoms with van der Waals surface area (Å²) in [6, 6.07) is 5.04. The van der Waals surface area contributed by atoms with Crippen LogP contribution in [-0.4, -0.2) is 35.2 Å². The second kappa shape index (κ2) is 7.56. The maximum atomic E-state index is 11.5. The molecule has 0 bridgehead atoms. The van der Waals surface area contributed by atoms with Crippen LogP contribution in [0.1, 0.15) is 6.42 Å². The molecule has 0 fully saturated rings. The maximum absolute atomic E-state index is 11.5. The first-order valence-electron chi connectivity index (χ1n) is 5.75. The van der Waals surface area contributed by atoms with Crippen LogP contribution in [0.15, 0.2) is 24.3 Å². The highest BCUT2D eigenvalue weighted by Gasteiger charge is 2.07. The zero-order valence-corrected chi connectivity index (χ0v) is 10.5. The van der Waals surface area contributed by atoms with Gasteiger partial charge in [-0.05, 0) is 12.5 Å². The van der Waals surface area contributed by atoms with E-state index < -0.39 is 17.0 Å². The molecule has 0 saturated carbocycles. The minimum atomic E-state index is -1.12. The number of nitrogens with one attached hydrogen (secondary N) is 3. The average Bonchev–Trinajstić information content (AvgIpc) is 2.38. The van der Waals surface area contributed by atoms with Gasteiger partial charge in [-0.1, -0.05) is 6.07 Å². The predicted molar refractivity (Wildman–Crippen MR) is 70.8 cm³/mol. The number of hydrogen-bond donors (Lipinski definition) is 4. The largest absolute Gasteiger partial charge is 0.465 e. The van der Waals surface area contributed by atoms with E-state index in [0.717, 1.165) is 0 Å². The van der Waals surface area contributed by atoms with Crippen LogP contribution in [0.3, 0.4) is 0 Å². The fraction of sp³-hybridized carbons (Fsp3) is 0.273. The Hall–Kier alpha value is -2.84. The smallest absolute Gasteiger partial charge is 0.404 e. The number of anilines is 1. The third-order valence-corrected chi connectivity index (χ3v) is 2.23. The number of urea groups is 1. The van der Waals surface area contributed by atoms with E-state index in [2.05, 4.69) is 16.0 Å². The minimum Gasteiger partial charge on any atom is -0.465 e. The lowest BCUT2D eigenvalue weighted by atomic mass is 10.3. The van der Waals surface area contributed by atoms with Crippen molar-refractivity contribution in [2.75, 3.05) is 18.4 Å². The molecule has 0 aliphatic carbocycles. The Morgan fingerprint density at radius 3 is 2.60 bits per heavy atom. The molecule has 0 heterocycles. The highest BCUT2D eigenvalue weighted by atomic mass is 16.6. The van der Waals surface area contributed by atoms with Crippen molar-refractivity contribution in [1.29, 1.82) is 0 Å². The molecule has 3 amide bonds. The van der Waals surface area contributed by atoms with Gasteiger partial charge in [-0.3, -0.25) is 10.1 Å². The quantitative estimate of drug-likeness (QED) is 0.355. The summed E-state index contributed by atoms with van der Waals surface area (Å²) in [6.45, 7) is 0.507. The van der Waals surface area contributed by atoms with Crippen LogP contribution in [0.25, 0.3) is 0 Å². The highest BCUT2D eigenvalue weighted by Crippen LogP contribution is 2.16. The van der Waals surface area contributed by atoms with Crippen molar-refractivity contribution in [2.24, 2.45) is 0 Å². The van der Waals surface area contributed by atoms with Gasteiger partial charge in [0.1, 0.15) is 0 Å². The molecule has 0 aromatic heterocycles. The van der Waals surface area contributed by atoms with Crippen molar-refractivity contribution in [2.45, 2.75) is 6.42 Å². The van der Waals surface area contributed by atoms with E-state index in [1.54, 1.807) is 0 Å². The summed E-state index contributed by atoms with van der Waals surface area (Å²) in [6.07, 6.45) is -0.680. The van der Waals surface area contributed by atoms with Crippen molar-refractivity contribution in [1.82, 2.24) is 10.6 Å². The van der Waals surface area contributed by atoms with Crippen molar-refractivity contribution >= 4 is 23.5 Å². The van der Waals surface area contributed by atoms with Crippen LogP contribution in [0, 0.1) is 10.1 Å². The third-order valence-electron chi connectivity index (χ3n) is 2.23. The number of non-ortho nitro benzene ring substituents is 1. The molecule has 0 spiro atoms. The summed E-state index contributed by atoms with van der Waals surface area (Å²) < 4.78 is 0. The summed E-state index contributed by atoms with van der Waals surface area (Å²) in [4.78, 5) is 31.6. The molecule has 0 unspecified atom stereocenters. The number of nitro benzene ring substituents is 1. The number of nitro groups is 1. The van der Waals surface area contributed by atoms with Gasteiger partial charge in [0.05, 0.1) is 4.92 Å². The van der Waals surface area contributed by atoms with Crippen LogP contribution in [0.2, 0.25) is 0 Å². The van der Waals surface area contributed by atoms with E-state index in [9.17, 15) is 19.7 Å². The van der Waals surface area contributed by atoms with Crippen molar-refractivity contribution < 1.29 is 19.6 Å². The Bertz CT molecular complexity index is 505. The molecule has 1 aromatic carbocycles. The molecule has 0 aliphatic heterocycles. The lowest BCUT2D eigenvalue weighted by Gasteiger charge is -2.07. The van der Waals surface area contributed by atoms with E-state index in [0.29, 0.717) is 12.1 Å². The van der Waals surface area contributed by atoms with Gasteiger partial charge in [0, 0.05) is 30.9 Å². The number of nitrogens with zero attached hydrogens (tertiary/aromatic N) is 1. The summed E-state index contributed by atoms with van der Waals surface area (Å²) in [5.74, 6) is 0. The third kappa shape index (κ3) is 5.67. The molecule has 0 radical (unpaired) electrons. The average molecular weight is 282 g/mol. The number of carbonyl (C=O) groups is 2. The van der Waals surface area contributed by atoms with Gasteiger partial charge in [-0.15, -0.1) is 0 Å². The first kappa shape index (κ1) is 15.2. The molecule has 0 aliphatic rings. The topological polar surface area (TPSA) is 134 Å². The van der Waals surface area contributed by atoms with Crippen LogP contribution < -0.4 is 16.0 Å². The van der Waals surface area contributed by atoms with Gasteiger partial charge in [-0.25, -0.2) is 9.59 Å². The van der Waals surface area contributed by atoms with Crippen molar-refractivity contribution in [3.8, 4) is 0 Å². The fourth-order valence-corrected chi connectivity index (χ4v) is 1.36. The van der Waals surface area contributed by atoms with Gasteiger partial charge in [0.2, 0.25) is 0 Å². The van der Waals surface area contributed by atoms with E-state index in [4.69, 9.17) is 5.11 Å². The zero-order chi connectivity index (χ0) is 15.0. The molecule has 0 saturated heterocycles. The first-order chi connectivity index (χ1) is 9.49. The standard InChI is InChI=1S/C11H14N4O5/c16-10(12-5-2-6-13-11(17)18)14-8-3-1-4-9(7-8)15(19)20/h1,3-4,7,13H,2,5-6H2,(H,17,18)(H2,12,14,16). The molecule has 0 atom stereocenters. The van der Waals surface area contributed by atoms with E-state index in [-0.39, 0.29) is 18.8 Å². The van der Waals surface area contributed by atoms with Crippen molar-refractivity contribution in [3.63, 3.8) is 0 Å². The summed E-state index contributed by atoms with van der Waals surface area (Å²) in [5.41, 5.74) is 0.189.